The Hall–Kier alpha value is -4.84. The number of nitriles is 1. The number of rotatable bonds is 4. The maximum atomic E-state index is 9.03. The van der Waals surface area contributed by atoms with E-state index >= 15 is 0 Å². The lowest BCUT2D eigenvalue weighted by Crippen LogP contribution is -2.05. The SMILES string of the molecule is Cc1nc(-c2ccnn2Cc2ccc(C#N)cc2)cc2c1nnn2-c1ccc2cn[nH]c2c1. The molecule has 0 aliphatic heterocycles. The molecule has 33 heavy (non-hydrogen) atoms. The van der Waals surface area contributed by atoms with E-state index in [1.807, 2.05) is 70.9 Å². The molecular formula is C24H17N9. The number of hydrogen-bond donors (Lipinski definition) is 1. The monoisotopic (exact) mass is 431 g/mol. The van der Waals surface area contributed by atoms with Crippen molar-refractivity contribution in [3.8, 4) is 23.1 Å². The maximum absolute atomic E-state index is 9.03. The molecule has 4 aromatic heterocycles. The van der Waals surface area contributed by atoms with Gasteiger partial charge in [0.1, 0.15) is 5.52 Å². The third kappa shape index (κ3) is 3.21. The fourth-order valence-electron chi connectivity index (χ4n) is 3.98. The van der Waals surface area contributed by atoms with Gasteiger partial charge in [-0.25, -0.2) is 9.67 Å². The van der Waals surface area contributed by atoms with Crippen molar-refractivity contribution < 1.29 is 0 Å². The summed E-state index contributed by atoms with van der Waals surface area (Å²) in [6, 6.07) is 19.6. The first-order chi connectivity index (χ1) is 16.2. The fraction of sp³-hybridized carbons (Fsp3) is 0.0833. The highest BCUT2D eigenvalue weighted by Crippen LogP contribution is 2.26. The van der Waals surface area contributed by atoms with E-state index in [2.05, 4.69) is 31.7 Å². The van der Waals surface area contributed by atoms with E-state index in [4.69, 9.17) is 10.2 Å². The first kappa shape index (κ1) is 18.9. The van der Waals surface area contributed by atoms with E-state index < -0.39 is 0 Å². The number of pyridine rings is 1. The zero-order chi connectivity index (χ0) is 22.4. The number of nitrogens with zero attached hydrogens (tertiary/aromatic N) is 8. The van der Waals surface area contributed by atoms with Gasteiger partial charge < -0.3 is 0 Å². The lowest BCUT2D eigenvalue weighted by Gasteiger charge is -2.09. The number of aromatic nitrogens is 8. The summed E-state index contributed by atoms with van der Waals surface area (Å²) in [5.41, 5.74) is 7.59. The number of nitrogens with one attached hydrogen (secondary N) is 1. The molecule has 0 saturated heterocycles. The van der Waals surface area contributed by atoms with Crippen LogP contribution in [-0.2, 0) is 6.54 Å². The highest BCUT2D eigenvalue weighted by Gasteiger charge is 2.16. The Morgan fingerprint density at radius 3 is 2.79 bits per heavy atom. The molecule has 0 fully saturated rings. The Bertz CT molecular complexity index is 1660. The van der Waals surface area contributed by atoms with E-state index in [9.17, 15) is 0 Å². The molecule has 6 aromatic rings. The first-order valence-corrected chi connectivity index (χ1v) is 10.4. The largest absolute Gasteiger partial charge is 0.278 e. The zero-order valence-corrected chi connectivity index (χ0v) is 17.6. The summed E-state index contributed by atoms with van der Waals surface area (Å²) in [6.07, 6.45) is 3.56. The predicted molar refractivity (Wildman–Crippen MR) is 123 cm³/mol. The van der Waals surface area contributed by atoms with Gasteiger partial charge in [-0.05, 0) is 55.0 Å². The molecule has 0 amide bonds. The summed E-state index contributed by atoms with van der Waals surface area (Å²) in [6.45, 7) is 2.51. The minimum absolute atomic E-state index is 0.570. The second-order valence-corrected chi connectivity index (χ2v) is 7.79. The number of aromatic amines is 1. The van der Waals surface area contributed by atoms with Crippen LogP contribution in [0.25, 0.3) is 39.0 Å². The Morgan fingerprint density at radius 2 is 1.94 bits per heavy atom. The van der Waals surface area contributed by atoms with Gasteiger partial charge in [0, 0.05) is 11.6 Å². The van der Waals surface area contributed by atoms with E-state index in [-0.39, 0.29) is 0 Å². The molecule has 1 N–H and O–H groups in total. The molecule has 0 radical (unpaired) electrons. The van der Waals surface area contributed by atoms with Crippen molar-refractivity contribution in [1.29, 1.82) is 5.26 Å². The summed E-state index contributed by atoms with van der Waals surface area (Å²) in [7, 11) is 0. The number of H-pyrrole nitrogens is 1. The second kappa shape index (κ2) is 7.39. The smallest absolute Gasteiger partial charge is 0.134 e. The zero-order valence-electron chi connectivity index (χ0n) is 17.6. The van der Waals surface area contributed by atoms with Crippen LogP contribution in [-0.4, -0.2) is 40.0 Å². The lowest BCUT2D eigenvalue weighted by molar-refractivity contribution is 0.692. The summed E-state index contributed by atoms with van der Waals surface area (Å²) in [5.74, 6) is 0. The molecule has 0 aliphatic rings. The Labute approximate surface area is 187 Å². The van der Waals surface area contributed by atoms with E-state index in [1.165, 1.54) is 0 Å². The topological polar surface area (TPSA) is 114 Å². The van der Waals surface area contributed by atoms with Crippen molar-refractivity contribution in [2.24, 2.45) is 0 Å². The summed E-state index contributed by atoms with van der Waals surface area (Å²) in [4.78, 5) is 4.79. The van der Waals surface area contributed by atoms with E-state index in [0.717, 1.165) is 50.3 Å². The van der Waals surface area contributed by atoms with Crippen LogP contribution in [0.2, 0.25) is 0 Å². The Morgan fingerprint density at radius 1 is 1.06 bits per heavy atom. The van der Waals surface area contributed by atoms with Crippen LogP contribution in [0.1, 0.15) is 16.8 Å². The summed E-state index contributed by atoms with van der Waals surface area (Å²) >= 11 is 0. The van der Waals surface area contributed by atoms with E-state index in [1.54, 1.807) is 12.4 Å². The molecule has 0 saturated carbocycles. The van der Waals surface area contributed by atoms with Crippen molar-refractivity contribution in [3.63, 3.8) is 0 Å². The molecule has 0 bridgehead atoms. The first-order valence-electron chi connectivity index (χ1n) is 10.4. The van der Waals surface area contributed by atoms with Crippen LogP contribution in [0, 0.1) is 18.3 Å². The average molecular weight is 431 g/mol. The van der Waals surface area contributed by atoms with Gasteiger partial charge in [0.25, 0.3) is 0 Å². The van der Waals surface area contributed by atoms with Crippen molar-refractivity contribution in [2.75, 3.05) is 0 Å². The highest BCUT2D eigenvalue weighted by molar-refractivity contribution is 5.84. The molecule has 0 spiro atoms. The van der Waals surface area contributed by atoms with Crippen LogP contribution in [0.3, 0.4) is 0 Å². The molecular weight excluding hydrogens is 414 g/mol. The van der Waals surface area contributed by atoms with Crippen molar-refractivity contribution in [1.82, 2.24) is 40.0 Å². The van der Waals surface area contributed by atoms with Gasteiger partial charge in [-0.3, -0.25) is 9.78 Å². The molecule has 9 heteroatoms. The van der Waals surface area contributed by atoms with Crippen molar-refractivity contribution in [3.05, 3.63) is 83.8 Å². The molecule has 6 rings (SSSR count). The van der Waals surface area contributed by atoms with E-state index in [0.29, 0.717) is 12.1 Å². The molecule has 0 atom stereocenters. The van der Waals surface area contributed by atoms with Crippen LogP contribution in [0.5, 0.6) is 0 Å². The van der Waals surface area contributed by atoms with Crippen LogP contribution >= 0.6 is 0 Å². The molecule has 0 aliphatic carbocycles. The van der Waals surface area contributed by atoms with Gasteiger partial charge in [0.2, 0.25) is 0 Å². The summed E-state index contributed by atoms with van der Waals surface area (Å²) in [5, 5.41) is 30.4. The predicted octanol–water partition coefficient (Wildman–Crippen LogP) is 3.78. The summed E-state index contributed by atoms with van der Waals surface area (Å²) < 4.78 is 3.72. The molecule has 0 unspecified atom stereocenters. The minimum atomic E-state index is 0.570. The van der Waals surface area contributed by atoms with Gasteiger partial charge in [-0.2, -0.15) is 15.5 Å². The normalized spacial score (nSPS) is 11.3. The van der Waals surface area contributed by atoms with Gasteiger partial charge >= 0.3 is 0 Å². The average Bonchev–Trinajstić information content (AvgIpc) is 3.58. The molecule has 2 aromatic carbocycles. The minimum Gasteiger partial charge on any atom is -0.278 e. The third-order valence-electron chi connectivity index (χ3n) is 5.67. The standard InChI is InChI=1S/C24H17N9/c1-15-24-23(33(31-30-24)19-7-6-18-13-26-29-20(18)10-19)11-21(28-15)22-8-9-27-32(22)14-17-4-2-16(12-25)3-5-17/h2-11,13H,14H2,1H3,(H,26,29). The number of benzene rings is 2. The quantitative estimate of drug-likeness (QED) is 0.454. The maximum Gasteiger partial charge on any atom is 0.134 e. The van der Waals surface area contributed by atoms with Gasteiger partial charge in [0.15, 0.2) is 0 Å². The van der Waals surface area contributed by atoms with Crippen LogP contribution in [0.15, 0.2) is 67.0 Å². The van der Waals surface area contributed by atoms with Gasteiger partial charge in [-0.15, -0.1) is 5.10 Å². The second-order valence-electron chi connectivity index (χ2n) is 7.79. The van der Waals surface area contributed by atoms with Gasteiger partial charge in [0.05, 0.1) is 58.2 Å². The van der Waals surface area contributed by atoms with Gasteiger partial charge in [-0.1, -0.05) is 17.3 Å². The van der Waals surface area contributed by atoms with Crippen molar-refractivity contribution >= 4 is 21.9 Å². The number of fused-ring (bicyclic) bond motifs is 2. The highest BCUT2D eigenvalue weighted by atomic mass is 15.4. The van der Waals surface area contributed by atoms with Crippen LogP contribution in [0.4, 0.5) is 0 Å². The molecule has 158 valence electrons. The Kier molecular flexibility index (Phi) is 4.23. The third-order valence-corrected chi connectivity index (χ3v) is 5.67. The molecule has 4 heterocycles. The lowest BCUT2D eigenvalue weighted by atomic mass is 10.1. The molecule has 9 nitrogen and oxygen atoms in total. The van der Waals surface area contributed by atoms with Crippen LogP contribution < -0.4 is 0 Å². The fourth-order valence-corrected chi connectivity index (χ4v) is 3.98. The van der Waals surface area contributed by atoms with Crippen molar-refractivity contribution in [2.45, 2.75) is 13.5 Å². The Balaban J connectivity index is 1.43. The number of aryl methyl sites for hydroxylation is 1. The number of hydrogen-bond acceptors (Lipinski definition) is 6.